The van der Waals surface area contributed by atoms with Crippen molar-refractivity contribution in [2.24, 2.45) is 0 Å². The standard InChI is InChI=1S/C17H25N5O3/c23-16-15-11-14(19-22(15)6-2-4-18-16)13-3-1-5-21(12-13)17(24)20-7-9-25-10-8-20/h11,13H,1-10,12H2,(H,18,23). The van der Waals surface area contributed by atoms with E-state index >= 15 is 0 Å². The number of amides is 3. The zero-order chi connectivity index (χ0) is 17.2. The molecule has 1 aromatic heterocycles. The van der Waals surface area contributed by atoms with E-state index < -0.39 is 0 Å². The molecule has 4 rings (SSSR count). The topological polar surface area (TPSA) is 79.7 Å². The highest BCUT2D eigenvalue weighted by molar-refractivity contribution is 5.92. The van der Waals surface area contributed by atoms with Crippen LogP contribution in [-0.2, 0) is 11.3 Å². The zero-order valence-electron chi connectivity index (χ0n) is 14.4. The Bertz CT molecular complexity index is 653. The minimum Gasteiger partial charge on any atom is -0.378 e. The summed E-state index contributed by atoms with van der Waals surface area (Å²) in [6, 6.07) is 2.01. The van der Waals surface area contributed by atoms with Crippen molar-refractivity contribution in [3.05, 3.63) is 17.5 Å². The molecule has 4 heterocycles. The Morgan fingerprint density at radius 3 is 2.84 bits per heavy atom. The Labute approximate surface area is 147 Å². The number of hydrogen-bond donors (Lipinski definition) is 1. The predicted octanol–water partition coefficient (Wildman–Crippen LogP) is 0.648. The van der Waals surface area contributed by atoms with Crippen molar-refractivity contribution < 1.29 is 14.3 Å². The summed E-state index contributed by atoms with van der Waals surface area (Å²) in [6.45, 7) is 5.49. The van der Waals surface area contributed by atoms with Crippen LogP contribution in [0.25, 0.3) is 0 Å². The van der Waals surface area contributed by atoms with E-state index in [2.05, 4.69) is 10.4 Å². The van der Waals surface area contributed by atoms with Crippen LogP contribution in [0.1, 0.15) is 41.4 Å². The maximum Gasteiger partial charge on any atom is 0.320 e. The van der Waals surface area contributed by atoms with Gasteiger partial charge in [-0.15, -0.1) is 0 Å². The maximum atomic E-state index is 12.7. The fourth-order valence-corrected chi connectivity index (χ4v) is 3.86. The fourth-order valence-electron chi connectivity index (χ4n) is 3.86. The summed E-state index contributed by atoms with van der Waals surface area (Å²) >= 11 is 0. The maximum absolute atomic E-state index is 12.7. The third-order valence-electron chi connectivity index (χ3n) is 5.26. The minimum atomic E-state index is -0.0479. The van der Waals surface area contributed by atoms with E-state index in [1.807, 2.05) is 20.5 Å². The van der Waals surface area contributed by atoms with Crippen LogP contribution in [0, 0.1) is 0 Å². The number of nitrogens with one attached hydrogen (secondary N) is 1. The van der Waals surface area contributed by atoms with Crippen LogP contribution in [-0.4, -0.2) is 77.5 Å². The highest BCUT2D eigenvalue weighted by Gasteiger charge is 2.31. The molecule has 2 fully saturated rings. The van der Waals surface area contributed by atoms with Crippen LogP contribution in [0.4, 0.5) is 4.79 Å². The molecule has 1 atom stereocenters. The van der Waals surface area contributed by atoms with Crippen LogP contribution < -0.4 is 5.32 Å². The van der Waals surface area contributed by atoms with Crippen molar-refractivity contribution in [1.82, 2.24) is 24.9 Å². The lowest BCUT2D eigenvalue weighted by molar-refractivity contribution is 0.0408. The summed E-state index contributed by atoms with van der Waals surface area (Å²) < 4.78 is 7.15. The van der Waals surface area contributed by atoms with Gasteiger partial charge in [0.15, 0.2) is 0 Å². The van der Waals surface area contributed by atoms with Crippen molar-refractivity contribution in [1.29, 1.82) is 0 Å². The van der Waals surface area contributed by atoms with Gasteiger partial charge in [0.1, 0.15) is 5.69 Å². The lowest BCUT2D eigenvalue weighted by atomic mass is 9.95. The van der Waals surface area contributed by atoms with Gasteiger partial charge in [-0.3, -0.25) is 9.48 Å². The fraction of sp³-hybridized carbons (Fsp3) is 0.706. The van der Waals surface area contributed by atoms with Gasteiger partial charge >= 0.3 is 6.03 Å². The number of likely N-dealkylation sites (tertiary alicyclic amines) is 1. The average molecular weight is 347 g/mol. The zero-order valence-corrected chi connectivity index (χ0v) is 14.4. The first kappa shape index (κ1) is 16.4. The number of ether oxygens (including phenoxy) is 1. The molecule has 0 saturated carbocycles. The first-order chi connectivity index (χ1) is 12.2. The Morgan fingerprint density at radius 1 is 1.16 bits per heavy atom. The Hall–Kier alpha value is -2.09. The second-order valence-corrected chi connectivity index (χ2v) is 6.95. The quantitative estimate of drug-likeness (QED) is 0.809. The van der Waals surface area contributed by atoms with Crippen LogP contribution in [0.3, 0.4) is 0 Å². The van der Waals surface area contributed by atoms with Crippen LogP contribution >= 0.6 is 0 Å². The molecule has 0 aliphatic carbocycles. The Morgan fingerprint density at radius 2 is 2.00 bits per heavy atom. The summed E-state index contributed by atoms with van der Waals surface area (Å²) in [5.41, 5.74) is 1.58. The minimum absolute atomic E-state index is 0.0479. The molecule has 136 valence electrons. The highest BCUT2D eigenvalue weighted by atomic mass is 16.5. The molecule has 1 unspecified atom stereocenters. The molecule has 3 aliphatic heterocycles. The number of carbonyl (C=O) groups is 2. The van der Waals surface area contributed by atoms with Gasteiger partial charge in [-0.1, -0.05) is 0 Å². The van der Waals surface area contributed by atoms with E-state index in [4.69, 9.17) is 4.74 Å². The number of aromatic nitrogens is 2. The molecule has 3 aliphatic rings. The van der Waals surface area contributed by atoms with Crippen LogP contribution in [0.15, 0.2) is 6.07 Å². The summed E-state index contributed by atoms with van der Waals surface area (Å²) in [5, 5.41) is 7.58. The number of fused-ring (bicyclic) bond motifs is 1. The number of carbonyl (C=O) groups excluding carboxylic acids is 2. The number of nitrogens with zero attached hydrogens (tertiary/aromatic N) is 4. The number of urea groups is 1. The molecular formula is C17H25N5O3. The number of rotatable bonds is 1. The van der Waals surface area contributed by atoms with E-state index in [0.717, 1.165) is 38.0 Å². The van der Waals surface area contributed by atoms with Gasteiger partial charge in [0.25, 0.3) is 5.91 Å². The van der Waals surface area contributed by atoms with Gasteiger partial charge < -0.3 is 19.9 Å². The van der Waals surface area contributed by atoms with E-state index in [1.165, 1.54) is 0 Å². The number of aryl methyl sites for hydroxylation is 1. The third-order valence-corrected chi connectivity index (χ3v) is 5.26. The molecule has 0 aromatic carbocycles. The monoisotopic (exact) mass is 347 g/mol. The van der Waals surface area contributed by atoms with Gasteiger partial charge in [-0.2, -0.15) is 5.10 Å². The van der Waals surface area contributed by atoms with E-state index in [0.29, 0.717) is 45.1 Å². The molecule has 8 nitrogen and oxygen atoms in total. The van der Waals surface area contributed by atoms with E-state index in [1.54, 1.807) is 0 Å². The van der Waals surface area contributed by atoms with Crippen LogP contribution in [0.2, 0.25) is 0 Å². The largest absolute Gasteiger partial charge is 0.378 e. The molecule has 1 N–H and O–H groups in total. The molecular weight excluding hydrogens is 322 g/mol. The van der Waals surface area contributed by atoms with Crippen molar-refractivity contribution in [3.8, 4) is 0 Å². The first-order valence-electron chi connectivity index (χ1n) is 9.20. The normalized spacial score (nSPS) is 24.5. The van der Waals surface area contributed by atoms with Crippen molar-refractivity contribution in [3.63, 3.8) is 0 Å². The van der Waals surface area contributed by atoms with Gasteiger partial charge in [0, 0.05) is 45.2 Å². The summed E-state index contributed by atoms with van der Waals surface area (Å²) in [6.07, 6.45) is 2.87. The van der Waals surface area contributed by atoms with E-state index in [9.17, 15) is 9.59 Å². The smallest absolute Gasteiger partial charge is 0.320 e. The van der Waals surface area contributed by atoms with Crippen LogP contribution in [0.5, 0.6) is 0 Å². The lowest BCUT2D eigenvalue weighted by Gasteiger charge is -2.37. The molecule has 8 heteroatoms. The summed E-state index contributed by atoms with van der Waals surface area (Å²) in [7, 11) is 0. The predicted molar refractivity (Wildman–Crippen MR) is 90.5 cm³/mol. The second kappa shape index (κ2) is 7.03. The molecule has 0 bridgehead atoms. The lowest BCUT2D eigenvalue weighted by Crippen LogP contribution is -2.50. The molecule has 2 saturated heterocycles. The van der Waals surface area contributed by atoms with Gasteiger partial charge in [0.2, 0.25) is 0 Å². The molecule has 0 spiro atoms. The van der Waals surface area contributed by atoms with Gasteiger partial charge in [-0.05, 0) is 25.3 Å². The van der Waals surface area contributed by atoms with E-state index in [-0.39, 0.29) is 17.9 Å². The molecule has 0 radical (unpaired) electrons. The number of piperidine rings is 1. The van der Waals surface area contributed by atoms with Crippen molar-refractivity contribution in [2.75, 3.05) is 45.9 Å². The highest BCUT2D eigenvalue weighted by Crippen LogP contribution is 2.28. The summed E-state index contributed by atoms with van der Waals surface area (Å²) in [5.74, 6) is 0.152. The molecule has 1 aromatic rings. The Kier molecular flexibility index (Phi) is 4.61. The summed E-state index contributed by atoms with van der Waals surface area (Å²) in [4.78, 5) is 28.7. The third kappa shape index (κ3) is 3.35. The number of hydrogen-bond acceptors (Lipinski definition) is 4. The first-order valence-corrected chi connectivity index (χ1v) is 9.20. The van der Waals surface area contributed by atoms with Gasteiger partial charge in [0.05, 0.1) is 18.9 Å². The average Bonchev–Trinajstić information content (AvgIpc) is 3.02. The van der Waals surface area contributed by atoms with Gasteiger partial charge in [-0.25, -0.2) is 4.79 Å². The number of morpholine rings is 1. The molecule has 25 heavy (non-hydrogen) atoms. The van der Waals surface area contributed by atoms with Crippen molar-refractivity contribution >= 4 is 11.9 Å². The molecule has 3 amide bonds. The Balaban J connectivity index is 1.47. The SMILES string of the molecule is O=C1NCCCn2nc(C3CCCN(C(=O)N4CCOCC4)C3)cc21. The van der Waals surface area contributed by atoms with Crippen molar-refractivity contribution in [2.45, 2.75) is 31.7 Å². The second-order valence-electron chi connectivity index (χ2n) is 6.95.